The van der Waals surface area contributed by atoms with Gasteiger partial charge in [0.1, 0.15) is 12.3 Å². The van der Waals surface area contributed by atoms with Crippen LogP contribution in [0, 0.1) is 17.0 Å². The van der Waals surface area contributed by atoms with Crippen molar-refractivity contribution in [2.24, 2.45) is 0 Å². The van der Waals surface area contributed by atoms with E-state index in [0.717, 1.165) is 0 Å². The topological polar surface area (TPSA) is 82.2 Å². The van der Waals surface area contributed by atoms with Crippen LogP contribution in [0.5, 0.6) is 5.88 Å². The lowest BCUT2D eigenvalue weighted by molar-refractivity contribution is -0.386. The summed E-state index contributed by atoms with van der Waals surface area (Å²) in [7, 11) is 1.79. The number of likely N-dealkylation sites (N-methyl/N-ethyl adjacent to an activating group) is 1. The third-order valence-corrected chi connectivity index (χ3v) is 2.12. The van der Waals surface area contributed by atoms with Gasteiger partial charge in [-0.25, -0.2) is 4.68 Å². The number of ether oxygens (including phenoxy) is 1. The highest BCUT2D eigenvalue weighted by Crippen LogP contribution is 2.30. The van der Waals surface area contributed by atoms with Crippen molar-refractivity contribution in [1.29, 1.82) is 0 Å². The Morgan fingerprint density at radius 1 is 1.62 bits per heavy atom. The molecule has 0 unspecified atom stereocenters. The molecule has 1 rings (SSSR count). The average molecular weight is 228 g/mol. The maximum Gasteiger partial charge on any atom is 0.353 e. The molecule has 1 heterocycles. The summed E-state index contributed by atoms with van der Waals surface area (Å²) in [4.78, 5) is 10.4. The molecule has 0 atom stereocenters. The van der Waals surface area contributed by atoms with Gasteiger partial charge in [0.25, 0.3) is 5.88 Å². The van der Waals surface area contributed by atoms with E-state index in [1.54, 1.807) is 14.0 Å². The zero-order chi connectivity index (χ0) is 12.1. The Bertz CT molecular complexity index is 375. The molecular weight excluding hydrogens is 212 g/mol. The Labute approximate surface area is 93.5 Å². The second-order valence-electron chi connectivity index (χ2n) is 3.26. The minimum Gasteiger partial charge on any atom is -0.472 e. The fraction of sp³-hybridized carbons (Fsp3) is 0.667. The highest BCUT2D eigenvalue weighted by atomic mass is 16.6. The van der Waals surface area contributed by atoms with Crippen molar-refractivity contribution in [2.45, 2.75) is 20.4 Å². The number of nitrogens with one attached hydrogen (secondary N) is 1. The predicted molar refractivity (Wildman–Crippen MR) is 58.7 cm³/mol. The fourth-order valence-electron chi connectivity index (χ4n) is 1.37. The first kappa shape index (κ1) is 12.4. The van der Waals surface area contributed by atoms with Crippen LogP contribution in [0.25, 0.3) is 0 Å². The molecule has 1 N–H and O–H groups in total. The molecule has 0 fully saturated rings. The summed E-state index contributed by atoms with van der Waals surface area (Å²) in [6.45, 7) is 5.02. The summed E-state index contributed by atoms with van der Waals surface area (Å²) in [6, 6.07) is 0. The Morgan fingerprint density at radius 3 is 2.81 bits per heavy atom. The molecule has 1 aromatic rings. The zero-order valence-electron chi connectivity index (χ0n) is 9.69. The van der Waals surface area contributed by atoms with Gasteiger partial charge in [0.2, 0.25) is 0 Å². The molecule has 0 amide bonds. The third kappa shape index (κ3) is 2.48. The highest BCUT2D eigenvalue weighted by molar-refractivity contribution is 5.45. The third-order valence-electron chi connectivity index (χ3n) is 2.12. The molecule has 0 aliphatic heterocycles. The summed E-state index contributed by atoms with van der Waals surface area (Å²) in [5.74, 6) is 0.236. The summed E-state index contributed by atoms with van der Waals surface area (Å²) < 4.78 is 6.88. The summed E-state index contributed by atoms with van der Waals surface area (Å²) in [6.07, 6.45) is 0. The Kier molecular flexibility index (Phi) is 4.24. The SMILES string of the molecule is CCn1nc(C)c([N+](=O)[O-])c1OCCNC. The second-order valence-corrected chi connectivity index (χ2v) is 3.26. The lowest BCUT2D eigenvalue weighted by Crippen LogP contribution is -2.17. The molecule has 0 radical (unpaired) electrons. The smallest absolute Gasteiger partial charge is 0.353 e. The first-order chi connectivity index (χ1) is 7.61. The number of aryl methyl sites for hydroxylation is 2. The zero-order valence-corrected chi connectivity index (χ0v) is 9.69. The van der Waals surface area contributed by atoms with Gasteiger partial charge in [-0.1, -0.05) is 0 Å². The van der Waals surface area contributed by atoms with E-state index in [2.05, 4.69) is 10.4 Å². The van der Waals surface area contributed by atoms with Crippen LogP contribution < -0.4 is 10.1 Å². The van der Waals surface area contributed by atoms with Gasteiger partial charge < -0.3 is 10.1 Å². The maximum absolute atomic E-state index is 10.9. The van der Waals surface area contributed by atoms with Crippen molar-refractivity contribution in [2.75, 3.05) is 20.2 Å². The minimum atomic E-state index is -0.455. The quantitative estimate of drug-likeness (QED) is 0.440. The molecule has 7 nitrogen and oxygen atoms in total. The molecule has 7 heteroatoms. The number of rotatable bonds is 6. The Hall–Kier alpha value is -1.63. The monoisotopic (exact) mass is 228 g/mol. The largest absolute Gasteiger partial charge is 0.472 e. The van der Waals surface area contributed by atoms with Gasteiger partial charge in [0.15, 0.2) is 0 Å². The van der Waals surface area contributed by atoms with Crippen molar-refractivity contribution in [3.05, 3.63) is 15.8 Å². The number of nitrogens with zero attached hydrogens (tertiary/aromatic N) is 3. The molecule has 0 bridgehead atoms. The second kappa shape index (κ2) is 5.45. The van der Waals surface area contributed by atoms with Gasteiger partial charge in [-0.15, -0.1) is 0 Å². The van der Waals surface area contributed by atoms with Gasteiger partial charge in [-0.05, 0) is 20.9 Å². The normalized spacial score (nSPS) is 10.4. The number of aromatic nitrogens is 2. The van der Waals surface area contributed by atoms with Gasteiger partial charge in [0, 0.05) is 13.1 Å². The molecule has 0 aromatic carbocycles. The maximum atomic E-state index is 10.9. The van der Waals surface area contributed by atoms with Crippen LogP contribution in [-0.4, -0.2) is 34.9 Å². The fourth-order valence-corrected chi connectivity index (χ4v) is 1.37. The van der Waals surface area contributed by atoms with E-state index >= 15 is 0 Å². The molecule has 1 aromatic heterocycles. The lowest BCUT2D eigenvalue weighted by atomic mass is 10.4. The van der Waals surface area contributed by atoms with Crippen LogP contribution in [0.3, 0.4) is 0 Å². The molecule has 0 saturated heterocycles. The van der Waals surface area contributed by atoms with E-state index in [1.807, 2.05) is 6.92 Å². The van der Waals surface area contributed by atoms with Crippen LogP contribution >= 0.6 is 0 Å². The molecule has 0 aliphatic rings. The van der Waals surface area contributed by atoms with Gasteiger partial charge in [-0.3, -0.25) is 10.1 Å². The van der Waals surface area contributed by atoms with E-state index in [9.17, 15) is 10.1 Å². The van der Waals surface area contributed by atoms with Crippen molar-refractivity contribution in [1.82, 2.24) is 15.1 Å². The van der Waals surface area contributed by atoms with Crippen LogP contribution in [-0.2, 0) is 6.54 Å². The van der Waals surface area contributed by atoms with E-state index in [4.69, 9.17) is 4.74 Å². The van der Waals surface area contributed by atoms with Crippen molar-refractivity contribution < 1.29 is 9.66 Å². The first-order valence-corrected chi connectivity index (χ1v) is 5.11. The van der Waals surface area contributed by atoms with Crippen molar-refractivity contribution in [3.8, 4) is 5.88 Å². The van der Waals surface area contributed by atoms with E-state index in [1.165, 1.54) is 4.68 Å². The lowest BCUT2D eigenvalue weighted by Gasteiger charge is -2.06. The number of nitro groups is 1. The highest BCUT2D eigenvalue weighted by Gasteiger charge is 2.26. The van der Waals surface area contributed by atoms with Crippen molar-refractivity contribution >= 4 is 5.69 Å². The van der Waals surface area contributed by atoms with E-state index in [-0.39, 0.29) is 11.6 Å². The molecular formula is C9H16N4O3. The number of hydrogen-bond donors (Lipinski definition) is 1. The number of hydrogen-bond acceptors (Lipinski definition) is 5. The summed E-state index contributed by atoms with van der Waals surface area (Å²) in [5, 5.41) is 17.8. The summed E-state index contributed by atoms with van der Waals surface area (Å²) in [5.41, 5.74) is 0.337. The van der Waals surface area contributed by atoms with Crippen LogP contribution in [0.2, 0.25) is 0 Å². The molecule has 0 spiro atoms. The molecule has 0 aliphatic carbocycles. The standard InChI is InChI=1S/C9H16N4O3/c1-4-12-9(16-6-5-10-3)8(13(14)15)7(2)11-12/h10H,4-6H2,1-3H3. The molecule has 16 heavy (non-hydrogen) atoms. The Morgan fingerprint density at radius 2 is 2.31 bits per heavy atom. The molecule has 0 saturated carbocycles. The van der Waals surface area contributed by atoms with E-state index < -0.39 is 4.92 Å². The van der Waals surface area contributed by atoms with Crippen LogP contribution in [0.4, 0.5) is 5.69 Å². The molecule has 90 valence electrons. The van der Waals surface area contributed by atoms with Crippen molar-refractivity contribution in [3.63, 3.8) is 0 Å². The van der Waals surface area contributed by atoms with E-state index in [0.29, 0.717) is 25.4 Å². The average Bonchev–Trinajstić information content (AvgIpc) is 2.55. The van der Waals surface area contributed by atoms with Gasteiger partial charge >= 0.3 is 5.69 Å². The van der Waals surface area contributed by atoms with Gasteiger partial charge in [0.05, 0.1) is 4.92 Å². The van der Waals surface area contributed by atoms with Gasteiger partial charge in [-0.2, -0.15) is 5.10 Å². The summed E-state index contributed by atoms with van der Waals surface area (Å²) >= 11 is 0. The van der Waals surface area contributed by atoms with Crippen LogP contribution in [0.1, 0.15) is 12.6 Å². The predicted octanol–water partition coefficient (Wildman–Crippen LogP) is 0.718. The van der Waals surface area contributed by atoms with Crippen LogP contribution in [0.15, 0.2) is 0 Å². The first-order valence-electron chi connectivity index (χ1n) is 5.11. The minimum absolute atomic E-state index is 0.0436. The Balaban J connectivity index is 2.97.